The Bertz CT molecular complexity index is 734. The van der Waals surface area contributed by atoms with E-state index in [0.717, 1.165) is 0 Å². The van der Waals surface area contributed by atoms with Crippen LogP contribution in [0.25, 0.3) is 0 Å². The zero-order valence-corrected chi connectivity index (χ0v) is 15.0. The van der Waals surface area contributed by atoms with Crippen LogP contribution in [0.15, 0.2) is 12.2 Å². The van der Waals surface area contributed by atoms with E-state index in [1.54, 1.807) is 0 Å². The van der Waals surface area contributed by atoms with Crippen molar-refractivity contribution in [1.29, 1.82) is 0 Å². The van der Waals surface area contributed by atoms with E-state index in [4.69, 9.17) is 5.11 Å². The fourth-order valence-electron chi connectivity index (χ4n) is 1.87. The Labute approximate surface area is 166 Å². The fraction of sp³-hybridized carbons (Fsp3) is 0.786. The maximum Gasteiger partial charge on any atom is 0.428 e. The molecule has 0 aromatic heterocycles. The van der Waals surface area contributed by atoms with Crippen LogP contribution in [0.1, 0.15) is 19.8 Å². The summed E-state index contributed by atoms with van der Waals surface area (Å²) in [6.45, 7) is 0.990. The lowest BCUT2D eigenvalue weighted by Crippen LogP contribution is -2.74. The van der Waals surface area contributed by atoms with Gasteiger partial charge in [0.2, 0.25) is 0 Å². The van der Waals surface area contributed by atoms with Gasteiger partial charge in [0, 0.05) is 12.0 Å². The van der Waals surface area contributed by atoms with E-state index in [-0.39, 0.29) is 0 Å². The van der Waals surface area contributed by atoms with E-state index >= 15 is 0 Å². The van der Waals surface area contributed by atoms with E-state index in [2.05, 4.69) is 6.58 Å². The van der Waals surface area contributed by atoms with Gasteiger partial charge in [-0.2, -0.15) is 65.9 Å². The first-order chi connectivity index (χ1) is 13.6. The summed E-state index contributed by atoms with van der Waals surface area (Å²) in [5.41, 5.74) is -8.11. The third kappa shape index (κ3) is 4.08. The van der Waals surface area contributed by atoms with E-state index in [1.807, 2.05) is 0 Å². The number of hydrogen-bond donors (Lipinski definition) is 1. The van der Waals surface area contributed by atoms with Gasteiger partial charge in [-0.25, -0.2) is 9.18 Å². The first-order valence-corrected chi connectivity index (χ1v) is 7.51. The Kier molecular flexibility index (Phi) is 7.38. The van der Waals surface area contributed by atoms with Crippen molar-refractivity contribution < 1.29 is 80.1 Å². The number of alkyl halides is 16. The molecule has 0 amide bonds. The zero-order chi connectivity index (χ0) is 26.6. The average molecular weight is 514 g/mol. The summed E-state index contributed by atoms with van der Waals surface area (Å²) in [6.07, 6.45) is -11.8. The van der Waals surface area contributed by atoms with Crippen LogP contribution in [0.5, 0.6) is 0 Å². The number of aliphatic carboxylic acids is 1. The Morgan fingerprint density at radius 1 is 0.656 bits per heavy atom. The normalized spacial score (nSPS) is 17.2. The highest BCUT2D eigenvalue weighted by Gasteiger charge is 2.93. The third-order valence-electron chi connectivity index (χ3n) is 4.20. The van der Waals surface area contributed by atoms with E-state index in [0.29, 0.717) is 0 Å². The fourth-order valence-corrected chi connectivity index (χ4v) is 1.87. The standard InChI is InChI=1S/C14H10F16O2/c1-5(6(31)32)3-4-8(16,17)10(20,21)12(24,25)13(26,27)11(22,23)9(18,19)7(2,15)14(28,29)30/h1,3-4H2,2H3,(H,31,32). The minimum absolute atomic E-state index is 1.38. The van der Waals surface area contributed by atoms with E-state index in [9.17, 15) is 75.0 Å². The highest BCUT2D eigenvalue weighted by Crippen LogP contribution is 2.63. The molecular weight excluding hydrogens is 504 g/mol. The molecule has 0 saturated heterocycles. The SMILES string of the molecule is C=C(CCC(F)(F)C(F)(F)C(F)(F)C(F)(F)C(F)(F)C(F)(F)C(C)(F)C(F)(F)F)C(=O)O. The molecule has 0 rings (SSSR count). The summed E-state index contributed by atoms with van der Waals surface area (Å²) in [5, 5.41) is 8.30. The summed E-state index contributed by atoms with van der Waals surface area (Å²) in [6, 6.07) is 0. The molecule has 0 aromatic rings. The molecule has 0 aliphatic carbocycles. The van der Waals surface area contributed by atoms with Crippen molar-refractivity contribution in [3.05, 3.63) is 12.2 Å². The summed E-state index contributed by atoms with van der Waals surface area (Å²) >= 11 is 0. The molecule has 0 aliphatic rings. The molecule has 0 aliphatic heterocycles. The molecule has 190 valence electrons. The minimum Gasteiger partial charge on any atom is -0.478 e. The number of hydrogen-bond acceptors (Lipinski definition) is 1. The van der Waals surface area contributed by atoms with Crippen LogP contribution in [0.4, 0.5) is 70.2 Å². The second kappa shape index (κ2) is 7.85. The zero-order valence-electron chi connectivity index (χ0n) is 15.0. The van der Waals surface area contributed by atoms with Crippen LogP contribution in [0.2, 0.25) is 0 Å². The van der Waals surface area contributed by atoms with Gasteiger partial charge < -0.3 is 5.11 Å². The number of carboxylic acid groups (broad SMARTS) is 1. The van der Waals surface area contributed by atoms with Gasteiger partial charge in [-0.3, -0.25) is 0 Å². The lowest BCUT2D eigenvalue weighted by Gasteiger charge is -2.44. The summed E-state index contributed by atoms with van der Waals surface area (Å²) in [5.74, 6) is -49.2. The van der Waals surface area contributed by atoms with Gasteiger partial charge >= 0.3 is 47.7 Å². The van der Waals surface area contributed by atoms with Crippen LogP contribution in [0, 0.1) is 0 Å². The molecule has 1 atom stereocenters. The van der Waals surface area contributed by atoms with Gasteiger partial charge in [0.25, 0.3) is 5.67 Å². The molecule has 18 heteroatoms. The van der Waals surface area contributed by atoms with Crippen LogP contribution < -0.4 is 0 Å². The lowest BCUT2D eigenvalue weighted by molar-refractivity contribution is -0.445. The lowest BCUT2D eigenvalue weighted by atomic mass is 9.84. The van der Waals surface area contributed by atoms with Crippen LogP contribution in [-0.4, -0.2) is 58.5 Å². The number of carboxylic acids is 1. The predicted octanol–water partition coefficient (Wildman–Crippen LogP) is 6.51. The van der Waals surface area contributed by atoms with Crippen molar-refractivity contribution in [1.82, 2.24) is 0 Å². The first-order valence-electron chi connectivity index (χ1n) is 7.51. The molecule has 32 heavy (non-hydrogen) atoms. The topological polar surface area (TPSA) is 37.3 Å². The van der Waals surface area contributed by atoms with Gasteiger partial charge in [0.1, 0.15) is 0 Å². The summed E-state index contributed by atoms with van der Waals surface area (Å²) in [7, 11) is 0. The Morgan fingerprint density at radius 2 is 0.969 bits per heavy atom. The third-order valence-corrected chi connectivity index (χ3v) is 4.20. The number of rotatable bonds is 10. The summed E-state index contributed by atoms with van der Waals surface area (Å²) < 4.78 is 212. The average Bonchev–Trinajstić information content (AvgIpc) is 2.57. The van der Waals surface area contributed by atoms with E-state index in [1.165, 1.54) is 0 Å². The van der Waals surface area contributed by atoms with Gasteiger partial charge in [0.05, 0.1) is 0 Å². The van der Waals surface area contributed by atoms with Crippen molar-refractivity contribution >= 4 is 5.97 Å². The highest BCUT2D eigenvalue weighted by atomic mass is 19.4. The maximum absolute atomic E-state index is 13.5. The van der Waals surface area contributed by atoms with Gasteiger partial charge in [-0.05, 0) is 13.3 Å². The molecule has 0 radical (unpaired) electrons. The van der Waals surface area contributed by atoms with Gasteiger partial charge in [0.15, 0.2) is 0 Å². The molecule has 0 spiro atoms. The molecule has 0 saturated carbocycles. The monoisotopic (exact) mass is 514 g/mol. The van der Waals surface area contributed by atoms with E-state index < -0.39 is 78.7 Å². The Balaban J connectivity index is 6.53. The number of halogens is 16. The van der Waals surface area contributed by atoms with Crippen LogP contribution in [-0.2, 0) is 4.79 Å². The Hall–Kier alpha value is -1.91. The van der Waals surface area contributed by atoms with Crippen molar-refractivity contribution in [2.45, 2.75) is 67.1 Å². The maximum atomic E-state index is 13.5. The first kappa shape index (κ1) is 30.1. The molecule has 0 bridgehead atoms. The predicted molar refractivity (Wildman–Crippen MR) is 71.3 cm³/mol. The molecule has 1 unspecified atom stereocenters. The molecule has 2 nitrogen and oxygen atoms in total. The summed E-state index contributed by atoms with van der Waals surface area (Å²) in [4.78, 5) is 10.3. The van der Waals surface area contributed by atoms with Crippen molar-refractivity contribution in [3.8, 4) is 0 Å². The van der Waals surface area contributed by atoms with Crippen LogP contribution >= 0.6 is 0 Å². The Morgan fingerprint density at radius 3 is 1.28 bits per heavy atom. The largest absolute Gasteiger partial charge is 0.478 e. The van der Waals surface area contributed by atoms with Gasteiger partial charge in [-0.15, -0.1) is 0 Å². The van der Waals surface area contributed by atoms with Crippen molar-refractivity contribution in [3.63, 3.8) is 0 Å². The number of carbonyl (C=O) groups is 1. The molecule has 0 aromatic carbocycles. The highest BCUT2D eigenvalue weighted by molar-refractivity contribution is 5.85. The second-order valence-electron chi connectivity index (χ2n) is 6.49. The van der Waals surface area contributed by atoms with Crippen molar-refractivity contribution in [2.24, 2.45) is 0 Å². The second-order valence-corrected chi connectivity index (χ2v) is 6.49. The molecular formula is C14H10F16O2. The molecule has 0 heterocycles. The minimum atomic E-state index is -8.40. The van der Waals surface area contributed by atoms with Crippen molar-refractivity contribution in [2.75, 3.05) is 0 Å². The smallest absolute Gasteiger partial charge is 0.428 e. The van der Waals surface area contributed by atoms with Gasteiger partial charge in [-0.1, -0.05) is 6.58 Å². The quantitative estimate of drug-likeness (QED) is 0.267. The van der Waals surface area contributed by atoms with Crippen LogP contribution in [0.3, 0.4) is 0 Å². The molecule has 0 fully saturated rings. The molecule has 1 N–H and O–H groups in total.